The summed E-state index contributed by atoms with van der Waals surface area (Å²) in [5, 5.41) is 5.26. The summed E-state index contributed by atoms with van der Waals surface area (Å²) in [5.41, 5.74) is 1.02. The van der Waals surface area contributed by atoms with Crippen LogP contribution < -0.4 is 10.6 Å². The lowest BCUT2D eigenvalue weighted by Gasteiger charge is -2.20. The lowest BCUT2D eigenvalue weighted by Crippen LogP contribution is -2.36. The number of rotatable bonds is 10. The van der Waals surface area contributed by atoms with Crippen LogP contribution in [0.2, 0.25) is 0 Å². The summed E-state index contributed by atoms with van der Waals surface area (Å²) in [6, 6.07) is 9.58. The maximum absolute atomic E-state index is 11.7. The molecule has 6 heteroatoms. The third kappa shape index (κ3) is 7.43. The molecule has 0 aliphatic rings. The van der Waals surface area contributed by atoms with Gasteiger partial charge in [-0.1, -0.05) is 30.3 Å². The molecular weight excluding hydrogens is 270 g/mol. The molecule has 21 heavy (non-hydrogen) atoms. The Hall–Kier alpha value is -1.92. The number of nitrogens with one attached hydrogen (secondary N) is 2. The van der Waals surface area contributed by atoms with E-state index < -0.39 is 0 Å². The zero-order chi connectivity index (χ0) is 15.5. The summed E-state index contributed by atoms with van der Waals surface area (Å²) in [6.07, 6.45) is 1.18. The van der Waals surface area contributed by atoms with Crippen LogP contribution in [0.25, 0.3) is 0 Å². The van der Waals surface area contributed by atoms with Crippen molar-refractivity contribution in [1.82, 2.24) is 15.5 Å². The maximum atomic E-state index is 11.7. The van der Waals surface area contributed by atoms with Gasteiger partial charge in [0.05, 0.1) is 25.9 Å². The molecule has 1 atom stereocenters. The number of hydrogen-bond acceptors (Lipinski definition) is 4. The Labute approximate surface area is 125 Å². The highest BCUT2D eigenvalue weighted by molar-refractivity contribution is 5.80. The highest BCUT2D eigenvalue weighted by Gasteiger charge is 2.14. The minimum atomic E-state index is -0.219. The molecular formula is C15H23N3O3. The minimum absolute atomic E-state index is 0.0224. The minimum Gasteiger partial charge on any atom is -0.366 e. The van der Waals surface area contributed by atoms with Gasteiger partial charge in [-0.05, 0) is 26.1 Å². The molecule has 0 bridgehead atoms. The van der Waals surface area contributed by atoms with Crippen LogP contribution in [0.4, 0.5) is 0 Å². The van der Waals surface area contributed by atoms with E-state index in [0.29, 0.717) is 26.2 Å². The molecule has 0 spiro atoms. The lowest BCUT2D eigenvalue weighted by molar-refractivity contribution is -0.122. The predicted octanol–water partition coefficient (Wildman–Crippen LogP) is 0.516. The topological polar surface area (TPSA) is 70.7 Å². The molecule has 0 saturated carbocycles. The summed E-state index contributed by atoms with van der Waals surface area (Å²) < 4.78 is 5.51. The van der Waals surface area contributed by atoms with Gasteiger partial charge >= 0.3 is 0 Å². The molecule has 0 radical (unpaired) electrons. The van der Waals surface area contributed by atoms with Gasteiger partial charge < -0.3 is 15.4 Å². The molecule has 0 aliphatic heterocycles. The zero-order valence-electron chi connectivity index (χ0n) is 12.5. The molecule has 0 aromatic heterocycles. The van der Waals surface area contributed by atoms with Crippen LogP contribution in [0, 0.1) is 0 Å². The largest absolute Gasteiger partial charge is 0.366 e. The van der Waals surface area contributed by atoms with Crippen LogP contribution in [0.1, 0.15) is 18.0 Å². The molecule has 1 aromatic carbocycles. The smallest absolute Gasteiger partial charge is 0.239 e. The number of carbonyl (C=O) groups is 2. The molecule has 0 aliphatic carbocycles. The van der Waals surface area contributed by atoms with Crippen molar-refractivity contribution >= 4 is 12.3 Å². The van der Waals surface area contributed by atoms with Gasteiger partial charge in [-0.25, -0.2) is 0 Å². The van der Waals surface area contributed by atoms with Gasteiger partial charge in [0.2, 0.25) is 12.3 Å². The average molecular weight is 293 g/mol. The SMILES string of the molecule is CN(C)COCC[C@H](NC(=O)CNC=O)c1ccccc1. The Morgan fingerprint density at radius 3 is 2.67 bits per heavy atom. The standard InChI is InChI=1S/C15H23N3O3/c1-18(2)12-21-9-8-14(13-6-4-3-5-7-13)17-15(20)10-16-11-19/h3-7,11,14H,8-10,12H2,1-2H3,(H,16,19)(H,17,20)/t14-/m0/s1. The molecule has 2 N–H and O–H groups in total. The number of amides is 2. The van der Waals surface area contributed by atoms with Gasteiger partial charge in [-0.3, -0.25) is 14.5 Å². The third-order valence-electron chi connectivity index (χ3n) is 2.78. The van der Waals surface area contributed by atoms with Crippen molar-refractivity contribution in [1.29, 1.82) is 0 Å². The van der Waals surface area contributed by atoms with Crippen molar-refractivity contribution in [2.75, 3.05) is 34.0 Å². The Bertz CT molecular complexity index is 423. The van der Waals surface area contributed by atoms with Gasteiger partial charge in [0.15, 0.2) is 0 Å². The van der Waals surface area contributed by atoms with E-state index in [1.54, 1.807) is 0 Å². The maximum Gasteiger partial charge on any atom is 0.239 e. The zero-order valence-corrected chi connectivity index (χ0v) is 12.5. The summed E-state index contributed by atoms with van der Waals surface area (Å²) in [7, 11) is 3.86. The monoisotopic (exact) mass is 293 g/mol. The Balaban J connectivity index is 2.54. The fraction of sp³-hybridized carbons (Fsp3) is 0.467. The number of ether oxygens (including phenoxy) is 1. The Kier molecular flexibility index (Phi) is 8.08. The van der Waals surface area contributed by atoms with Crippen LogP contribution in [0.15, 0.2) is 30.3 Å². The molecule has 1 aromatic rings. The Morgan fingerprint density at radius 1 is 1.33 bits per heavy atom. The van der Waals surface area contributed by atoms with E-state index in [4.69, 9.17) is 4.74 Å². The number of benzene rings is 1. The molecule has 0 saturated heterocycles. The van der Waals surface area contributed by atoms with E-state index in [1.165, 1.54) is 0 Å². The average Bonchev–Trinajstić information content (AvgIpc) is 2.49. The molecule has 0 heterocycles. The second-order valence-electron chi connectivity index (χ2n) is 4.94. The van der Waals surface area contributed by atoms with Crippen LogP contribution in [-0.4, -0.2) is 51.2 Å². The second kappa shape index (κ2) is 9.90. The van der Waals surface area contributed by atoms with E-state index in [9.17, 15) is 9.59 Å². The normalized spacial score (nSPS) is 12.0. The summed E-state index contributed by atoms with van der Waals surface area (Å²) in [4.78, 5) is 23.9. The molecule has 6 nitrogen and oxygen atoms in total. The van der Waals surface area contributed by atoms with Crippen LogP contribution in [0.5, 0.6) is 0 Å². The highest BCUT2D eigenvalue weighted by atomic mass is 16.5. The van der Waals surface area contributed by atoms with Crippen molar-refractivity contribution in [3.8, 4) is 0 Å². The lowest BCUT2D eigenvalue weighted by atomic mass is 10.0. The fourth-order valence-corrected chi connectivity index (χ4v) is 1.84. The van der Waals surface area contributed by atoms with Crippen molar-refractivity contribution < 1.29 is 14.3 Å². The molecule has 2 amide bonds. The van der Waals surface area contributed by atoms with Crippen molar-refractivity contribution in [3.05, 3.63) is 35.9 Å². The first kappa shape index (κ1) is 17.1. The number of nitrogens with zero attached hydrogens (tertiary/aromatic N) is 1. The number of carbonyl (C=O) groups excluding carboxylic acids is 2. The molecule has 1 rings (SSSR count). The first-order chi connectivity index (χ1) is 10.1. The summed E-state index contributed by atoms with van der Waals surface area (Å²) in [5.74, 6) is -0.219. The highest BCUT2D eigenvalue weighted by Crippen LogP contribution is 2.16. The van der Waals surface area contributed by atoms with Gasteiger partial charge in [-0.15, -0.1) is 0 Å². The third-order valence-corrected chi connectivity index (χ3v) is 2.78. The van der Waals surface area contributed by atoms with Crippen LogP contribution >= 0.6 is 0 Å². The van der Waals surface area contributed by atoms with E-state index in [0.717, 1.165) is 5.56 Å². The van der Waals surface area contributed by atoms with Crippen LogP contribution in [0.3, 0.4) is 0 Å². The quantitative estimate of drug-likeness (QED) is 0.375. The van der Waals surface area contributed by atoms with E-state index in [-0.39, 0.29) is 18.5 Å². The summed E-state index contributed by atoms with van der Waals surface area (Å²) in [6.45, 7) is 1.06. The molecule has 116 valence electrons. The fourth-order valence-electron chi connectivity index (χ4n) is 1.84. The van der Waals surface area contributed by atoms with Gasteiger partial charge in [0, 0.05) is 0 Å². The van der Waals surface area contributed by atoms with Crippen molar-refractivity contribution in [2.45, 2.75) is 12.5 Å². The van der Waals surface area contributed by atoms with Gasteiger partial charge in [0.1, 0.15) is 0 Å². The van der Waals surface area contributed by atoms with E-state index in [2.05, 4.69) is 10.6 Å². The van der Waals surface area contributed by atoms with Gasteiger partial charge in [-0.2, -0.15) is 0 Å². The van der Waals surface area contributed by atoms with Crippen molar-refractivity contribution in [2.24, 2.45) is 0 Å². The van der Waals surface area contributed by atoms with E-state index in [1.807, 2.05) is 49.3 Å². The number of hydrogen-bond donors (Lipinski definition) is 2. The van der Waals surface area contributed by atoms with Crippen molar-refractivity contribution in [3.63, 3.8) is 0 Å². The van der Waals surface area contributed by atoms with Gasteiger partial charge in [0.25, 0.3) is 0 Å². The molecule has 0 fully saturated rings. The van der Waals surface area contributed by atoms with Crippen LogP contribution in [-0.2, 0) is 14.3 Å². The first-order valence-electron chi connectivity index (χ1n) is 6.87. The van der Waals surface area contributed by atoms with E-state index >= 15 is 0 Å². The summed E-state index contributed by atoms with van der Waals surface area (Å²) >= 11 is 0. The Morgan fingerprint density at radius 2 is 2.05 bits per heavy atom. The second-order valence-corrected chi connectivity index (χ2v) is 4.94. The predicted molar refractivity (Wildman–Crippen MR) is 80.5 cm³/mol. The molecule has 0 unspecified atom stereocenters. The first-order valence-corrected chi connectivity index (χ1v) is 6.87.